The van der Waals surface area contributed by atoms with Crippen molar-refractivity contribution in [1.82, 2.24) is 4.90 Å². The number of hydrogen-bond donors (Lipinski definition) is 2. The first-order valence-corrected chi connectivity index (χ1v) is 5.95. The quantitative estimate of drug-likeness (QED) is 0.819. The molecule has 2 rings (SSSR count). The average Bonchev–Trinajstić information content (AvgIpc) is 2.30. The number of phenolic OH excluding ortho intramolecular Hbond substituents is 1. The SMILES string of the molecule is Oc1cccc(C(O)CN2CCCCC2)c1. The number of β-amino-alcohol motifs (C(OH)–C–C–N with tert-alkyl or cyclic N) is 1. The van der Waals surface area contributed by atoms with E-state index in [1.807, 2.05) is 6.07 Å². The van der Waals surface area contributed by atoms with Crippen LogP contribution in [0.4, 0.5) is 0 Å². The molecule has 1 aromatic carbocycles. The number of nitrogens with zero attached hydrogens (tertiary/aromatic N) is 1. The summed E-state index contributed by atoms with van der Waals surface area (Å²) in [5.74, 6) is 0.218. The Morgan fingerprint density at radius 1 is 1.19 bits per heavy atom. The molecule has 1 saturated heterocycles. The average molecular weight is 221 g/mol. The van der Waals surface area contributed by atoms with Gasteiger partial charge in [-0.3, -0.25) is 0 Å². The highest BCUT2D eigenvalue weighted by Crippen LogP contribution is 2.20. The minimum Gasteiger partial charge on any atom is -0.508 e. The standard InChI is InChI=1S/C13H19NO2/c15-12-6-4-5-11(9-12)13(16)10-14-7-2-1-3-8-14/h4-6,9,13,15-16H,1-3,7-8,10H2. The van der Waals surface area contributed by atoms with Crippen LogP contribution in [0.1, 0.15) is 30.9 Å². The maximum absolute atomic E-state index is 10.0. The van der Waals surface area contributed by atoms with E-state index in [0.717, 1.165) is 18.7 Å². The number of aliphatic hydroxyl groups is 1. The number of aromatic hydroxyl groups is 1. The lowest BCUT2D eigenvalue weighted by molar-refractivity contribution is 0.101. The lowest BCUT2D eigenvalue weighted by Gasteiger charge is -2.28. The van der Waals surface area contributed by atoms with E-state index in [-0.39, 0.29) is 5.75 Å². The fourth-order valence-corrected chi connectivity index (χ4v) is 2.22. The van der Waals surface area contributed by atoms with Crippen LogP contribution < -0.4 is 0 Å². The molecule has 1 aromatic rings. The highest BCUT2D eigenvalue weighted by molar-refractivity contribution is 5.28. The molecule has 0 amide bonds. The Labute approximate surface area is 96.3 Å². The Morgan fingerprint density at radius 3 is 2.62 bits per heavy atom. The first-order valence-electron chi connectivity index (χ1n) is 5.95. The van der Waals surface area contributed by atoms with Crippen LogP contribution in [0.5, 0.6) is 5.75 Å². The van der Waals surface area contributed by atoms with Crippen molar-refractivity contribution in [2.24, 2.45) is 0 Å². The van der Waals surface area contributed by atoms with Crippen LogP contribution in [-0.2, 0) is 0 Å². The summed E-state index contributed by atoms with van der Waals surface area (Å²) in [5, 5.41) is 19.4. The zero-order valence-electron chi connectivity index (χ0n) is 9.47. The first-order chi connectivity index (χ1) is 7.75. The normalized spacial score (nSPS) is 19.6. The van der Waals surface area contributed by atoms with Crippen LogP contribution in [0, 0.1) is 0 Å². The molecule has 0 radical (unpaired) electrons. The fraction of sp³-hybridized carbons (Fsp3) is 0.538. The number of benzene rings is 1. The van der Waals surface area contributed by atoms with Crippen molar-refractivity contribution in [1.29, 1.82) is 0 Å². The van der Waals surface area contributed by atoms with Gasteiger partial charge < -0.3 is 15.1 Å². The number of phenols is 1. The zero-order chi connectivity index (χ0) is 11.4. The molecule has 1 heterocycles. The summed E-state index contributed by atoms with van der Waals surface area (Å²) in [6, 6.07) is 6.88. The summed E-state index contributed by atoms with van der Waals surface area (Å²) in [4.78, 5) is 2.29. The Hall–Kier alpha value is -1.06. The lowest BCUT2D eigenvalue weighted by Crippen LogP contribution is -2.33. The third-order valence-corrected chi connectivity index (χ3v) is 3.13. The van der Waals surface area contributed by atoms with Crippen molar-refractivity contribution in [3.8, 4) is 5.75 Å². The molecule has 0 aliphatic carbocycles. The van der Waals surface area contributed by atoms with Crippen molar-refractivity contribution < 1.29 is 10.2 Å². The summed E-state index contributed by atoms with van der Waals surface area (Å²) in [7, 11) is 0. The predicted octanol–water partition coefficient (Wildman–Crippen LogP) is 1.91. The number of piperidine rings is 1. The molecule has 16 heavy (non-hydrogen) atoms. The zero-order valence-corrected chi connectivity index (χ0v) is 9.47. The molecular weight excluding hydrogens is 202 g/mol. The van der Waals surface area contributed by atoms with Crippen molar-refractivity contribution in [2.45, 2.75) is 25.4 Å². The van der Waals surface area contributed by atoms with Gasteiger partial charge in [-0.15, -0.1) is 0 Å². The summed E-state index contributed by atoms with van der Waals surface area (Å²) >= 11 is 0. The Balaban J connectivity index is 1.94. The van der Waals surface area contributed by atoms with E-state index in [1.165, 1.54) is 19.3 Å². The molecule has 1 aliphatic rings. The Bertz CT molecular complexity index is 334. The second-order valence-corrected chi connectivity index (χ2v) is 4.47. The molecule has 0 aromatic heterocycles. The predicted molar refractivity (Wildman–Crippen MR) is 63.4 cm³/mol. The van der Waals surface area contributed by atoms with Gasteiger partial charge in [0.15, 0.2) is 0 Å². The van der Waals surface area contributed by atoms with Crippen LogP contribution in [0.2, 0.25) is 0 Å². The van der Waals surface area contributed by atoms with Gasteiger partial charge in [0, 0.05) is 6.54 Å². The van der Waals surface area contributed by atoms with E-state index < -0.39 is 6.10 Å². The molecule has 1 fully saturated rings. The summed E-state index contributed by atoms with van der Waals surface area (Å²) < 4.78 is 0. The second kappa shape index (κ2) is 5.32. The topological polar surface area (TPSA) is 43.7 Å². The largest absolute Gasteiger partial charge is 0.508 e. The van der Waals surface area contributed by atoms with Crippen molar-refractivity contribution in [3.05, 3.63) is 29.8 Å². The summed E-state index contributed by atoms with van der Waals surface area (Å²) in [6.45, 7) is 2.83. The van der Waals surface area contributed by atoms with E-state index in [1.54, 1.807) is 18.2 Å². The molecular formula is C13H19NO2. The van der Waals surface area contributed by atoms with Crippen LogP contribution >= 0.6 is 0 Å². The summed E-state index contributed by atoms with van der Waals surface area (Å²) in [6.07, 6.45) is 3.27. The minimum atomic E-state index is -0.495. The van der Waals surface area contributed by atoms with Gasteiger partial charge in [0.25, 0.3) is 0 Å². The van der Waals surface area contributed by atoms with Gasteiger partial charge in [-0.25, -0.2) is 0 Å². The first kappa shape index (κ1) is 11.4. The van der Waals surface area contributed by atoms with Gasteiger partial charge in [0.1, 0.15) is 5.75 Å². The van der Waals surface area contributed by atoms with Crippen molar-refractivity contribution in [3.63, 3.8) is 0 Å². The molecule has 1 atom stereocenters. The third kappa shape index (κ3) is 2.97. The van der Waals surface area contributed by atoms with Crippen LogP contribution in [0.3, 0.4) is 0 Å². The minimum absolute atomic E-state index is 0.218. The Kier molecular flexibility index (Phi) is 3.80. The molecule has 0 spiro atoms. The van der Waals surface area contributed by atoms with Gasteiger partial charge in [0.05, 0.1) is 6.10 Å². The van der Waals surface area contributed by atoms with Gasteiger partial charge >= 0.3 is 0 Å². The van der Waals surface area contributed by atoms with Crippen LogP contribution in [-0.4, -0.2) is 34.7 Å². The van der Waals surface area contributed by atoms with E-state index >= 15 is 0 Å². The van der Waals surface area contributed by atoms with E-state index in [9.17, 15) is 10.2 Å². The van der Waals surface area contributed by atoms with Crippen molar-refractivity contribution in [2.75, 3.05) is 19.6 Å². The maximum atomic E-state index is 10.0. The fourth-order valence-electron chi connectivity index (χ4n) is 2.22. The second-order valence-electron chi connectivity index (χ2n) is 4.47. The summed E-state index contributed by atoms with van der Waals surface area (Å²) in [5.41, 5.74) is 0.797. The number of rotatable bonds is 3. The smallest absolute Gasteiger partial charge is 0.115 e. The molecule has 3 heteroatoms. The Morgan fingerprint density at radius 2 is 1.94 bits per heavy atom. The monoisotopic (exact) mass is 221 g/mol. The van der Waals surface area contributed by atoms with Gasteiger partial charge in [-0.1, -0.05) is 18.6 Å². The third-order valence-electron chi connectivity index (χ3n) is 3.13. The maximum Gasteiger partial charge on any atom is 0.115 e. The van der Waals surface area contributed by atoms with Crippen molar-refractivity contribution >= 4 is 0 Å². The van der Waals surface area contributed by atoms with Crippen LogP contribution in [0.25, 0.3) is 0 Å². The molecule has 0 bridgehead atoms. The van der Waals surface area contributed by atoms with E-state index in [2.05, 4.69) is 4.90 Å². The van der Waals surface area contributed by atoms with E-state index in [4.69, 9.17) is 0 Å². The number of aliphatic hydroxyl groups excluding tert-OH is 1. The van der Waals surface area contributed by atoms with Gasteiger partial charge in [-0.05, 0) is 43.6 Å². The highest BCUT2D eigenvalue weighted by Gasteiger charge is 2.15. The lowest BCUT2D eigenvalue weighted by atomic mass is 10.1. The molecule has 3 nitrogen and oxygen atoms in total. The molecule has 1 unspecified atom stereocenters. The molecule has 0 saturated carbocycles. The molecule has 2 N–H and O–H groups in total. The van der Waals surface area contributed by atoms with Gasteiger partial charge in [0.2, 0.25) is 0 Å². The highest BCUT2D eigenvalue weighted by atomic mass is 16.3. The molecule has 88 valence electrons. The molecule has 1 aliphatic heterocycles. The van der Waals surface area contributed by atoms with Crippen LogP contribution in [0.15, 0.2) is 24.3 Å². The number of hydrogen-bond acceptors (Lipinski definition) is 3. The van der Waals surface area contributed by atoms with Gasteiger partial charge in [-0.2, -0.15) is 0 Å². The number of likely N-dealkylation sites (tertiary alicyclic amines) is 1. The van der Waals surface area contributed by atoms with E-state index in [0.29, 0.717) is 6.54 Å².